The third-order valence-corrected chi connectivity index (χ3v) is 15.2. The van der Waals surface area contributed by atoms with Crippen LogP contribution in [0.15, 0.2) is 182 Å². The van der Waals surface area contributed by atoms with E-state index in [0.717, 1.165) is 34.8 Å². The van der Waals surface area contributed by atoms with Crippen LogP contribution in [0.4, 0.5) is 17.1 Å². The summed E-state index contributed by atoms with van der Waals surface area (Å²) in [6, 6.07) is 68.6. The first kappa shape index (κ1) is 35.7. The zero-order valence-electron chi connectivity index (χ0n) is 34.7. The summed E-state index contributed by atoms with van der Waals surface area (Å²) in [7, 11) is 0. The lowest BCUT2D eigenvalue weighted by atomic mass is 9.48. The van der Waals surface area contributed by atoms with Crippen LogP contribution in [0.2, 0.25) is 0 Å². The van der Waals surface area contributed by atoms with E-state index in [1.807, 2.05) is 0 Å². The first-order valence-electron chi connectivity index (χ1n) is 22.3. The molecule has 5 aliphatic carbocycles. The van der Waals surface area contributed by atoms with E-state index in [1.54, 1.807) is 5.56 Å². The highest BCUT2D eigenvalue weighted by Gasteiger charge is 2.51. The molecular formula is C59H51N. The molecule has 292 valence electrons. The van der Waals surface area contributed by atoms with E-state index in [9.17, 15) is 0 Å². The van der Waals surface area contributed by atoms with Gasteiger partial charge in [0.1, 0.15) is 0 Å². The van der Waals surface area contributed by atoms with Crippen LogP contribution in [0.25, 0.3) is 55.3 Å². The number of para-hydroxylation sites is 1. The Morgan fingerprint density at radius 3 is 1.67 bits per heavy atom. The van der Waals surface area contributed by atoms with Crippen LogP contribution in [0.3, 0.4) is 0 Å². The monoisotopic (exact) mass is 773 g/mol. The van der Waals surface area contributed by atoms with Gasteiger partial charge in [0.05, 0.1) is 5.69 Å². The minimum Gasteiger partial charge on any atom is -0.310 e. The van der Waals surface area contributed by atoms with Crippen LogP contribution in [0.5, 0.6) is 0 Å². The molecule has 1 heteroatoms. The second-order valence-electron chi connectivity index (χ2n) is 19.2. The predicted octanol–water partition coefficient (Wildman–Crippen LogP) is 16.1. The van der Waals surface area contributed by atoms with Crippen LogP contribution in [0.1, 0.15) is 69.1 Å². The number of rotatable bonds is 7. The van der Waals surface area contributed by atoms with Gasteiger partial charge in [-0.3, -0.25) is 0 Å². The Labute approximate surface area is 355 Å². The van der Waals surface area contributed by atoms with Gasteiger partial charge in [0.25, 0.3) is 0 Å². The van der Waals surface area contributed by atoms with Crippen molar-refractivity contribution in [2.75, 3.05) is 4.90 Å². The Balaban J connectivity index is 0.986. The van der Waals surface area contributed by atoms with Crippen LogP contribution in [0, 0.1) is 17.8 Å². The predicted molar refractivity (Wildman–Crippen MR) is 252 cm³/mol. The molecule has 0 amide bonds. The summed E-state index contributed by atoms with van der Waals surface area (Å²) in [6.07, 6.45) is 8.67. The summed E-state index contributed by atoms with van der Waals surface area (Å²) in [5.41, 5.74) is 18.3. The fraction of sp³-hybridized carbons (Fsp3) is 0.220. The van der Waals surface area contributed by atoms with Crippen molar-refractivity contribution < 1.29 is 0 Å². The number of benzene rings is 8. The van der Waals surface area contributed by atoms with Crippen molar-refractivity contribution in [3.8, 4) is 44.5 Å². The van der Waals surface area contributed by atoms with Crippen LogP contribution in [-0.2, 0) is 10.8 Å². The molecule has 13 rings (SSSR count). The number of nitrogens with zero attached hydrogens (tertiary/aromatic N) is 1. The maximum atomic E-state index is 2.49. The molecule has 0 spiro atoms. The molecule has 60 heavy (non-hydrogen) atoms. The first-order chi connectivity index (χ1) is 29.4. The molecule has 0 unspecified atom stereocenters. The Kier molecular flexibility index (Phi) is 8.15. The van der Waals surface area contributed by atoms with Crippen LogP contribution >= 0.6 is 0 Å². The summed E-state index contributed by atoms with van der Waals surface area (Å²) >= 11 is 0. The van der Waals surface area contributed by atoms with Crippen molar-refractivity contribution in [2.45, 2.75) is 63.2 Å². The normalized spacial score (nSPS) is 21.8. The quantitative estimate of drug-likeness (QED) is 0.156. The Morgan fingerprint density at radius 2 is 0.967 bits per heavy atom. The van der Waals surface area contributed by atoms with E-state index >= 15 is 0 Å². The maximum Gasteiger partial charge on any atom is 0.0540 e. The van der Waals surface area contributed by atoms with E-state index < -0.39 is 0 Å². The molecular weight excluding hydrogens is 723 g/mol. The molecule has 0 heterocycles. The molecule has 4 fully saturated rings. The van der Waals surface area contributed by atoms with Crippen molar-refractivity contribution in [2.24, 2.45) is 17.8 Å². The Bertz CT molecular complexity index is 2880. The van der Waals surface area contributed by atoms with Crippen LogP contribution in [-0.4, -0.2) is 0 Å². The third kappa shape index (κ3) is 5.66. The molecule has 4 bridgehead atoms. The number of anilines is 3. The fourth-order valence-electron chi connectivity index (χ4n) is 12.9. The smallest absolute Gasteiger partial charge is 0.0540 e. The number of hydrogen-bond donors (Lipinski definition) is 0. The molecule has 0 N–H and O–H groups in total. The van der Waals surface area contributed by atoms with Gasteiger partial charge < -0.3 is 4.90 Å². The van der Waals surface area contributed by atoms with Crippen molar-refractivity contribution >= 4 is 27.8 Å². The Morgan fingerprint density at radius 1 is 0.417 bits per heavy atom. The zero-order valence-corrected chi connectivity index (χ0v) is 34.7. The molecule has 1 nitrogen and oxygen atoms in total. The second-order valence-corrected chi connectivity index (χ2v) is 19.2. The van der Waals surface area contributed by atoms with Gasteiger partial charge in [0.2, 0.25) is 0 Å². The number of hydrogen-bond acceptors (Lipinski definition) is 1. The maximum absolute atomic E-state index is 2.49. The van der Waals surface area contributed by atoms with Crippen molar-refractivity contribution in [1.29, 1.82) is 0 Å². The molecule has 0 saturated heterocycles. The largest absolute Gasteiger partial charge is 0.310 e. The third-order valence-electron chi connectivity index (χ3n) is 15.2. The van der Waals surface area contributed by atoms with E-state index in [2.05, 4.69) is 201 Å². The summed E-state index contributed by atoms with van der Waals surface area (Å²) in [4.78, 5) is 2.49. The minimum atomic E-state index is -0.0587. The molecule has 5 aliphatic rings. The van der Waals surface area contributed by atoms with Gasteiger partial charge in [-0.1, -0.05) is 166 Å². The molecule has 0 aromatic heterocycles. The molecule has 4 saturated carbocycles. The standard InChI is InChI=1S/C59H51N/c1-58(2)54-20-8-6-16-50(54)53-35-48(30-31-55(53)58)60(56-21-9-7-17-51(56)52-19-11-15-45-14-10-18-49(57(45)52)44-12-4-3-5-13-44)47-28-24-43(25-29-47)42-22-26-46(27-23-42)59-36-39-32-40(37-59)34-41(33-39)38-59/h3-31,35,39-41H,32-34,36-38H2,1-2H3. The lowest BCUT2D eigenvalue weighted by molar-refractivity contribution is -0.00518. The first-order valence-corrected chi connectivity index (χ1v) is 22.3. The number of fused-ring (bicyclic) bond motifs is 4. The molecule has 0 atom stereocenters. The average Bonchev–Trinajstić information content (AvgIpc) is 3.51. The van der Waals surface area contributed by atoms with E-state index in [4.69, 9.17) is 0 Å². The average molecular weight is 774 g/mol. The highest BCUT2D eigenvalue weighted by molar-refractivity contribution is 6.09. The molecule has 0 radical (unpaired) electrons. The van der Waals surface area contributed by atoms with Gasteiger partial charge in [-0.15, -0.1) is 0 Å². The molecule has 0 aliphatic heterocycles. The second kappa shape index (κ2) is 13.7. The van der Waals surface area contributed by atoms with Gasteiger partial charge in [0.15, 0.2) is 0 Å². The van der Waals surface area contributed by atoms with Gasteiger partial charge in [-0.2, -0.15) is 0 Å². The summed E-state index contributed by atoms with van der Waals surface area (Å²) in [5, 5.41) is 2.51. The van der Waals surface area contributed by atoms with Crippen molar-refractivity contribution in [3.63, 3.8) is 0 Å². The Hall–Kier alpha value is -6.18. The minimum absolute atomic E-state index is 0.0587. The van der Waals surface area contributed by atoms with E-state index in [-0.39, 0.29) is 5.41 Å². The molecule has 8 aromatic rings. The fourth-order valence-corrected chi connectivity index (χ4v) is 12.9. The van der Waals surface area contributed by atoms with Gasteiger partial charge >= 0.3 is 0 Å². The highest BCUT2D eigenvalue weighted by Crippen LogP contribution is 2.61. The lowest BCUT2D eigenvalue weighted by Crippen LogP contribution is -2.48. The summed E-state index contributed by atoms with van der Waals surface area (Å²) in [6.45, 7) is 4.73. The van der Waals surface area contributed by atoms with Gasteiger partial charge in [-0.05, 0) is 158 Å². The summed E-state index contributed by atoms with van der Waals surface area (Å²) in [5.74, 6) is 2.86. The van der Waals surface area contributed by atoms with E-state index in [1.165, 1.54) is 105 Å². The zero-order chi connectivity index (χ0) is 40.0. The SMILES string of the molecule is CC1(C)c2ccccc2-c2cc(N(c3ccc(-c4ccc(C56CC7CC(CC(C7)C5)C6)cc4)cc3)c3ccccc3-c3cccc4cccc(-c5ccccc5)c34)ccc21. The van der Waals surface area contributed by atoms with Crippen LogP contribution < -0.4 is 4.90 Å². The molecule has 8 aromatic carbocycles. The van der Waals surface area contributed by atoms with Crippen molar-refractivity contribution in [3.05, 3.63) is 199 Å². The highest BCUT2D eigenvalue weighted by atomic mass is 15.1. The van der Waals surface area contributed by atoms with Gasteiger partial charge in [-0.25, -0.2) is 0 Å². The van der Waals surface area contributed by atoms with Gasteiger partial charge in [0, 0.05) is 22.4 Å². The van der Waals surface area contributed by atoms with Crippen molar-refractivity contribution in [1.82, 2.24) is 0 Å². The van der Waals surface area contributed by atoms with E-state index in [0.29, 0.717) is 5.41 Å². The lowest BCUT2D eigenvalue weighted by Gasteiger charge is -2.57. The summed E-state index contributed by atoms with van der Waals surface area (Å²) < 4.78 is 0. The topological polar surface area (TPSA) is 3.24 Å².